The summed E-state index contributed by atoms with van der Waals surface area (Å²) in [5.74, 6) is -1.05. The first-order valence-corrected chi connectivity index (χ1v) is 5.84. The maximum Gasteiger partial charge on any atom is 0.357 e. The summed E-state index contributed by atoms with van der Waals surface area (Å²) in [4.78, 5) is 15.0. The van der Waals surface area contributed by atoms with Crippen molar-refractivity contribution in [2.45, 2.75) is 13.5 Å². The molecule has 0 aromatic carbocycles. The third-order valence-corrected chi connectivity index (χ3v) is 3.08. The Bertz CT molecular complexity index is 551. The van der Waals surface area contributed by atoms with E-state index in [0.717, 1.165) is 11.3 Å². The third-order valence-electron chi connectivity index (χ3n) is 2.33. The number of hydrogen-bond acceptors (Lipinski definition) is 3. The van der Waals surface area contributed by atoms with Gasteiger partial charge in [-0.15, -0.1) is 0 Å². The van der Waals surface area contributed by atoms with Gasteiger partial charge in [0, 0.05) is 24.5 Å². The molecule has 0 aliphatic rings. The molecule has 0 spiro atoms. The normalized spacial score (nSPS) is 10.5. The van der Waals surface area contributed by atoms with Gasteiger partial charge in [0.2, 0.25) is 0 Å². The van der Waals surface area contributed by atoms with Gasteiger partial charge in [-0.3, -0.25) is 9.67 Å². The van der Waals surface area contributed by atoms with E-state index in [-0.39, 0.29) is 5.69 Å². The topological polar surface area (TPSA) is 68.0 Å². The van der Waals surface area contributed by atoms with Crippen LogP contribution in [0.3, 0.4) is 0 Å². The molecule has 0 saturated heterocycles. The van der Waals surface area contributed by atoms with Crippen molar-refractivity contribution < 1.29 is 9.90 Å². The molecule has 0 bridgehead atoms. The van der Waals surface area contributed by atoms with Crippen molar-refractivity contribution in [2.75, 3.05) is 0 Å². The summed E-state index contributed by atoms with van der Waals surface area (Å²) in [6.07, 6.45) is 3.35. The van der Waals surface area contributed by atoms with E-state index in [1.165, 1.54) is 0 Å². The summed E-state index contributed by atoms with van der Waals surface area (Å²) in [5, 5.41) is 13.1. The summed E-state index contributed by atoms with van der Waals surface area (Å²) < 4.78 is 2.13. The van der Waals surface area contributed by atoms with E-state index in [1.807, 2.05) is 13.0 Å². The number of hydrogen-bond donors (Lipinski definition) is 1. The number of carbonyl (C=O) groups is 1. The Hall–Kier alpha value is -1.69. The Labute approximate surface area is 106 Å². The zero-order valence-corrected chi connectivity index (χ0v) is 10.7. The molecule has 2 aromatic rings. The monoisotopic (exact) mass is 295 g/mol. The molecule has 88 valence electrons. The average Bonchev–Trinajstić information content (AvgIpc) is 2.67. The fourth-order valence-electron chi connectivity index (χ4n) is 1.58. The van der Waals surface area contributed by atoms with Crippen LogP contribution in [0.15, 0.2) is 29.0 Å². The zero-order valence-electron chi connectivity index (χ0n) is 9.09. The predicted molar refractivity (Wildman–Crippen MR) is 65.8 cm³/mol. The van der Waals surface area contributed by atoms with Gasteiger partial charge in [-0.05, 0) is 35.0 Å². The summed E-state index contributed by atoms with van der Waals surface area (Å²) in [7, 11) is 0. The van der Waals surface area contributed by atoms with Crippen LogP contribution in [0.25, 0.3) is 11.3 Å². The van der Waals surface area contributed by atoms with Crippen molar-refractivity contribution in [1.29, 1.82) is 0 Å². The van der Waals surface area contributed by atoms with Gasteiger partial charge < -0.3 is 5.11 Å². The molecule has 5 nitrogen and oxygen atoms in total. The van der Waals surface area contributed by atoms with E-state index >= 15 is 0 Å². The highest BCUT2D eigenvalue weighted by Gasteiger charge is 2.21. The lowest BCUT2D eigenvalue weighted by Crippen LogP contribution is -2.02. The zero-order chi connectivity index (χ0) is 12.4. The van der Waals surface area contributed by atoms with Crippen LogP contribution in [0.5, 0.6) is 0 Å². The standard InChI is InChI=1S/C11H10BrN3O2/c1-2-15-10(7-4-3-5-13-6-7)8(12)9(14-15)11(16)17/h3-6H,2H2,1H3,(H,16,17). The molecule has 0 unspecified atom stereocenters. The summed E-state index contributed by atoms with van der Waals surface area (Å²) in [6, 6.07) is 3.67. The second-order valence-corrected chi connectivity index (χ2v) is 4.17. The highest BCUT2D eigenvalue weighted by molar-refractivity contribution is 9.10. The van der Waals surface area contributed by atoms with Crippen LogP contribution in [-0.4, -0.2) is 25.8 Å². The molecule has 0 aliphatic heterocycles. The second kappa shape index (κ2) is 4.67. The molecule has 1 N–H and O–H groups in total. The van der Waals surface area contributed by atoms with Crippen molar-refractivity contribution in [3.05, 3.63) is 34.7 Å². The van der Waals surface area contributed by atoms with E-state index in [1.54, 1.807) is 23.1 Å². The summed E-state index contributed by atoms with van der Waals surface area (Å²) >= 11 is 3.29. The number of rotatable bonds is 3. The van der Waals surface area contributed by atoms with Crippen LogP contribution in [0.4, 0.5) is 0 Å². The van der Waals surface area contributed by atoms with Crippen molar-refractivity contribution in [3.8, 4) is 11.3 Å². The van der Waals surface area contributed by atoms with Gasteiger partial charge in [-0.2, -0.15) is 5.10 Å². The minimum absolute atomic E-state index is 0.0192. The molecule has 0 aliphatic carbocycles. The highest BCUT2D eigenvalue weighted by Crippen LogP contribution is 2.30. The van der Waals surface area contributed by atoms with Crippen LogP contribution in [-0.2, 0) is 6.54 Å². The van der Waals surface area contributed by atoms with Gasteiger partial charge in [-0.25, -0.2) is 4.79 Å². The maximum atomic E-state index is 11.0. The molecular weight excluding hydrogens is 286 g/mol. The SMILES string of the molecule is CCn1nc(C(=O)O)c(Br)c1-c1cccnc1. The molecule has 0 saturated carbocycles. The summed E-state index contributed by atoms with van der Waals surface area (Å²) in [6.45, 7) is 2.50. The van der Waals surface area contributed by atoms with Gasteiger partial charge in [0.1, 0.15) is 0 Å². The molecule has 0 radical (unpaired) electrons. The lowest BCUT2D eigenvalue weighted by atomic mass is 10.2. The van der Waals surface area contributed by atoms with E-state index < -0.39 is 5.97 Å². The minimum atomic E-state index is -1.05. The number of pyridine rings is 1. The molecule has 2 aromatic heterocycles. The molecule has 0 amide bonds. The van der Waals surface area contributed by atoms with Crippen LogP contribution < -0.4 is 0 Å². The number of carboxylic acid groups (broad SMARTS) is 1. The number of aryl methyl sites for hydroxylation is 1. The number of carboxylic acids is 1. The van der Waals surface area contributed by atoms with Crippen molar-refractivity contribution in [2.24, 2.45) is 0 Å². The average molecular weight is 296 g/mol. The Morgan fingerprint density at radius 1 is 1.59 bits per heavy atom. The van der Waals surface area contributed by atoms with Crippen LogP contribution in [0.1, 0.15) is 17.4 Å². The van der Waals surface area contributed by atoms with E-state index in [0.29, 0.717) is 11.0 Å². The number of halogens is 1. The lowest BCUT2D eigenvalue weighted by Gasteiger charge is -2.04. The minimum Gasteiger partial charge on any atom is -0.476 e. The summed E-state index contributed by atoms with van der Waals surface area (Å²) in [5.41, 5.74) is 1.59. The van der Waals surface area contributed by atoms with Gasteiger partial charge in [-0.1, -0.05) is 0 Å². The van der Waals surface area contributed by atoms with Gasteiger partial charge in [0.25, 0.3) is 0 Å². The maximum absolute atomic E-state index is 11.0. The second-order valence-electron chi connectivity index (χ2n) is 3.37. The Morgan fingerprint density at radius 2 is 2.35 bits per heavy atom. The largest absolute Gasteiger partial charge is 0.476 e. The molecule has 2 rings (SSSR count). The molecule has 0 fully saturated rings. The fraction of sp³-hybridized carbons (Fsp3) is 0.182. The lowest BCUT2D eigenvalue weighted by molar-refractivity contribution is 0.0688. The molecule has 6 heteroatoms. The first kappa shape index (κ1) is 11.8. The molecule has 17 heavy (non-hydrogen) atoms. The Balaban J connectivity index is 2.64. The molecular formula is C11H10BrN3O2. The quantitative estimate of drug-likeness (QED) is 0.944. The smallest absolute Gasteiger partial charge is 0.357 e. The van der Waals surface area contributed by atoms with E-state index in [4.69, 9.17) is 5.11 Å². The fourth-order valence-corrected chi connectivity index (χ4v) is 2.27. The predicted octanol–water partition coefficient (Wildman–Crippen LogP) is 2.43. The van der Waals surface area contributed by atoms with Gasteiger partial charge >= 0.3 is 5.97 Å². The Morgan fingerprint density at radius 3 is 2.88 bits per heavy atom. The van der Waals surface area contributed by atoms with Crippen molar-refractivity contribution in [3.63, 3.8) is 0 Å². The van der Waals surface area contributed by atoms with Crippen LogP contribution in [0.2, 0.25) is 0 Å². The van der Waals surface area contributed by atoms with Gasteiger partial charge in [0.05, 0.1) is 10.2 Å². The molecule has 2 heterocycles. The number of aromatic carboxylic acids is 1. The van der Waals surface area contributed by atoms with Crippen molar-refractivity contribution >= 4 is 21.9 Å². The van der Waals surface area contributed by atoms with E-state index in [9.17, 15) is 4.79 Å². The molecule has 0 atom stereocenters. The first-order valence-electron chi connectivity index (χ1n) is 5.05. The van der Waals surface area contributed by atoms with E-state index in [2.05, 4.69) is 26.0 Å². The van der Waals surface area contributed by atoms with Crippen molar-refractivity contribution in [1.82, 2.24) is 14.8 Å². The Kier molecular flexibility index (Phi) is 3.23. The van der Waals surface area contributed by atoms with Crippen LogP contribution in [0, 0.1) is 0 Å². The highest BCUT2D eigenvalue weighted by atomic mass is 79.9. The number of aromatic nitrogens is 3. The van der Waals surface area contributed by atoms with Gasteiger partial charge in [0.15, 0.2) is 5.69 Å². The van der Waals surface area contributed by atoms with Crippen LogP contribution >= 0.6 is 15.9 Å². The first-order chi connectivity index (χ1) is 8.15. The number of nitrogens with zero attached hydrogens (tertiary/aromatic N) is 3. The third kappa shape index (κ3) is 2.08.